The van der Waals surface area contributed by atoms with E-state index in [1.54, 1.807) is 0 Å². The molecule has 0 aliphatic rings. The van der Waals surface area contributed by atoms with Crippen molar-refractivity contribution in [3.8, 4) is 5.75 Å². The quantitative estimate of drug-likeness (QED) is 0.771. The van der Waals surface area contributed by atoms with E-state index in [1.807, 2.05) is 0 Å². The third-order valence-corrected chi connectivity index (χ3v) is 2.27. The van der Waals surface area contributed by atoms with Gasteiger partial charge in [0.05, 0.1) is 0 Å². The maximum Gasteiger partial charge on any atom is 0.223 e. The topological polar surface area (TPSA) is 70.2 Å². The molecular formula is C12H8FNO3. The first-order valence-corrected chi connectivity index (χ1v) is 4.80. The van der Waals surface area contributed by atoms with Gasteiger partial charge in [0, 0.05) is 17.8 Å². The molecule has 0 spiro atoms. The molecule has 0 bridgehead atoms. The van der Waals surface area contributed by atoms with Crippen molar-refractivity contribution in [1.82, 2.24) is 4.98 Å². The molecule has 1 aromatic heterocycles. The Bertz CT molecular complexity index is 616. The Morgan fingerprint density at radius 3 is 2.47 bits per heavy atom. The van der Waals surface area contributed by atoms with E-state index in [1.165, 1.54) is 18.3 Å². The lowest BCUT2D eigenvalue weighted by atomic mass is 10.1. The van der Waals surface area contributed by atoms with Crippen molar-refractivity contribution in [3.05, 3.63) is 63.8 Å². The Balaban J connectivity index is 2.47. The van der Waals surface area contributed by atoms with E-state index in [9.17, 15) is 19.1 Å². The number of nitrogens with one attached hydrogen (secondary N) is 1. The summed E-state index contributed by atoms with van der Waals surface area (Å²) in [4.78, 5) is 25.5. The van der Waals surface area contributed by atoms with Crippen molar-refractivity contribution in [2.75, 3.05) is 0 Å². The van der Waals surface area contributed by atoms with E-state index < -0.39 is 22.8 Å². The third kappa shape index (κ3) is 2.08. The van der Waals surface area contributed by atoms with E-state index in [0.717, 1.165) is 18.2 Å². The average Bonchev–Trinajstić information content (AvgIpc) is 2.33. The maximum atomic E-state index is 12.7. The largest absolute Gasteiger partial charge is 0.503 e. The second kappa shape index (κ2) is 4.21. The van der Waals surface area contributed by atoms with Crippen molar-refractivity contribution in [2.24, 2.45) is 0 Å². The highest BCUT2D eigenvalue weighted by Crippen LogP contribution is 2.14. The van der Waals surface area contributed by atoms with E-state index >= 15 is 0 Å². The minimum Gasteiger partial charge on any atom is -0.503 e. The Morgan fingerprint density at radius 2 is 1.82 bits per heavy atom. The van der Waals surface area contributed by atoms with Crippen LogP contribution < -0.4 is 5.43 Å². The normalized spacial score (nSPS) is 10.2. The van der Waals surface area contributed by atoms with E-state index in [4.69, 9.17) is 0 Å². The van der Waals surface area contributed by atoms with Crippen molar-refractivity contribution in [2.45, 2.75) is 0 Å². The van der Waals surface area contributed by atoms with Gasteiger partial charge in [0.1, 0.15) is 11.5 Å². The van der Waals surface area contributed by atoms with Crippen LogP contribution in [0.2, 0.25) is 0 Å². The van der Waals surface area contributed by atoms with Gasteiger partial charge in [-0.15, -0.1) is 0 Å². The van der Waals surface area contributed by atoms with Crippen molar-refractivity contribution >= 4 is 5.78 Å². The molecule has 0 unspecified atom stereocenters. The Labute approximate surface area is 95.4 Å². The highest BCUT2D eigenvalue weighted by Gasteiger charge is 2.15. The van der Waals surface area contributed by atoms with Crippen molar-refractivity contribution in [3.63, 3.8) is 0 Å². The second-order valence-electron chi connectivity index (χ2n) is 3.40. The SMILES string of the molecule is O=C(c1ccc(F)cc1)c1[nH]ccc(=O)c1O. The fourth-order valence-corrected chi connectivity index (χ4v) is 1.39. The van der Waals surface area contributed by atoms with Crippen LogP contribution in [0.4, 0.5) is 4.39 Å². The molecule has 0 fully saturated rings. The smallest absolute Gasteiger partial charge is 0.223 e. The monoisotopic (exact) mass is 233 g/mol. The number of hydrogen-bond donors (Lipinski definition) is 2. The molecule has 0 saturated carbocycles. The summed E-state index contributed by atoms with van der Waals surface area (Å²) < 4.78 is 12.7. The molecule has 5 heteroatoms. The van der Waals surface area contributed by atoms with Gasteiger partial charge in [0.15, 0.2) is 5.75 Å². The van der Waals surface area contributed by atoms with Crippen LogP contribution in [0.1, 0.15) is 16.1 Å². The van der Waals surface area contributed by atoms with Crippen LogP contribution in [0, 0.1) is 5.82 Å². The molecule has 0 aliphatic carbocycles. The standard InChI is InChI=1S/C12H8FNO3/c13-8-3-1-7(2-4-8)11(16)10-12(17)9(15)5-6-14-10/h1-6,17H,(H,14,15). The average molecular weight is 233 g/mol. The molecule has 0 aliphatic heterocycles. The van der Waals surface area contributed by atoms with Crippen LogP contribution in [0.15, 0.2) is 41.3 Å². The fraction of sp³-hybridized carbons (Fsp3) is 0. The minimum atomic E-state index is -0.644. The maximum absolute atomic E-state index is 12.7. The number of aromatic hydroxyl groups is 1. The van der Waals surface area contributed by atoms with Crippen LogP contribution >= 0.6 is 0 Å². The van der Waals surface area contributed by atoms with Crippen LogP contribution in [0.3, 0.4) is 0 Å². The zero-order chi connectivity index (χ0) is 12.4. The molecule has 4 nitrogen and oxygen atoms in total. The molecule has 1 heterocycles. The number of ketones is 1. The number of carbonyl (C=O) groups is 1. The summed E-state index contributed by atoms with van der Waals surface area (Å²) in [6.07, 6.45) is 1.26. The summed E-state index contributed by atoms with van der Waals surface area (Å²) in [5.41, 5.74) is -0.665. The number of aromatic nitrogens is 1. The number of benzene rings is 1. The van der Waals surface area contributed by atoms with Gasteiger partial charge in [-0.1, -0.05) is 0 Å². The molecule has 86 valence electrons. The van der Waals surface area contributed by atoms with Gasteiger partial charge >= 0.3 is 0 Å². The molecule has 1 aromatic carbocycles. The lowest BCUT2D eigenvalue weighted by Crippen LogP contribution is -2.10. The van der Waals surface area contributed by atoms with E-state index in [0.29, 0.717) is 0 Å². The minimum absolute atomic E-state index is 0.184. The van der Waals surface area contributed by atoms with Gasteiger partial charge in [0.2, 0.25) is 11.2 Å². The van der Waals surface area contributed by atoms with Gasteiger partial charge in [-0.2, -0.15) is 0 Å². The molecule has 2 rings (SSSR count). The zero-order valence-electron chi connectivity index (χ0n) is 8.61. The van der Waals surface area contributed by atoms with Gasteiger partial charge < -0.3 is 10.1 Å². The zero-order valence-corrected chi connectivity index (χ0v) is 8.61. The summed E-state index contributed by atoms with van der Waals surface area (Å²) in [6.45, 7) is 0. The summed E-state index contributed by atoms with van der Waals surface area (Å²) in [5, 5.41) is 9.45. The number of pyridine rings is 1. The Kier molecular flexibility index (Phi) is 2.74. The summed E-state index contributed by atoms with van der Waals surface area (Å²) >= 11 is 0. The van der Waals surface area contributed by atoms with E-state index in [2.05, 4.69) is 4.98 Å². The number of hydrogen-bond acceptors (Lipinski definition) is 3. The van der Waals surface area contributed by atoms with Gasteiger partial charge in [-0.25, -0.2) is 4.39 Å². The Hall–Kier alpha value is -2.43. The molecular weight excluding hydrogens is 225 g/mol. The fourth-order valence-electron chi connectivity index (χ4n) is 1.39. The van der Waals surface area contributed by atoms with Gasteiger partial charge in [-0.3, -0.25) is 9.59 Å². The van der Waals surface area contributed by atoms with E-state index in [-0.39, 0.29) is 11.3 Å². The van der Waals surface area contributed by atoms with Gasteiger partial charge in [0.25, 0.3) is 0 Å². The van der Waals surface area contributed by atoms with Gasteiger partial charge in [-0.05, 0) is 24.3 Å². The second-order valence-corrected chi connectivity index (χ2v) is 3.40. The summed E-state index contributed by atoms with van der Waals surface area (Å²) in [5.74, 6) is -1.67. The highest BCUT2D eigenvalue weighted by molar-refractivity contribution is 6.09. The van der Waals surface area contributed by atoms with Crippen LogP contribution in [-0.2, 0) is 0 Å². The first-order valence-electron chi connectivity index (χ1n) is 4.80. The predicted molar refractivity (Wildman–Crippen MR) is 58.6 cm³/mol. The van der Waals surface area contributed by atoms with Crippen molar-refractivity contribution in [1.29, 1.82) is 0 Å². The lowest BCUT2D eigenvalue weighted by Gasteiger charge is -2.02. The highest BCUT2D eigenvalue weighted by atomic mass is 19.1. The van der Waals surface area contributed by atoms with Crippen LogP contribution in [-0.4, -0.2) is 15.9 Å². The Morgan fingerprint density at radius 1 is 1.18 bits per heavy atom. The first kappa shape index (κ1) is 11.1. The summed E-state index contributed by atoms with van der Waals surface area (Å²) in [6, 6.07) is 5.93. The number of halogens is 1. The molecule has 17 heavy (non-hydrogen) atoms. The van der Waals surface area contributed by atoms with Crippen LogP contribution in [0.5, 0.6) is 5.75 Å². The number of aromatic amines is 1. The van der Waals surface area contributed by atoms with Crippen LogP contribution in [0.25, 0.3) is 0 Å². The van der Waals surface area contributed by atoms with Crippen molar-refractivity contribution < 1.29 is 14.3 Å². The molecule has 0 amide bonds. The predicted octanol–water partition coefficient (Wildman–Crippen LogP) is 1.45. The number of rotatable bonds is 2. The number of carbonyl (C=O) groups excluding carboxylic acids is 1. The lowest BCUT2D eigenvalue weighted by molar-refractivity contribution is 0.103. The molecule has 2 aromatic rings. The summed E-state index contributed by atoms with van der Waals surface area (Å²) in [7, 11) is 0. The molecule has 0 saturated heterocycles. The number of H-pyrrole nitrogens is 1. The first-order chi connectivity index (χ1) is 8.09. The molecule has 2 N–H and O–H groups in total. The molecule has 0 atom stereocenters. The third-order valence-electron chi connectivity index (χ3n) is 2.27. The molecule has 0 radical (unpaired) electrons.